The molecule has 4 heterocycles. The minimum absolute atomic E-state index is 0.120. The highest BCUT2D eigenvalue weighted by Gasteiger charge is 2.52. The lowest BCUT2D eigenvalue weighted by Gasteiger charge is -2.50. The Morgan fingerprint density at radius 3 is 2.92 bits per heavy atom. The van der Waals surface area contributed by atoms with Gasteiger partial charge in [-0.15, -0.1) is 0 Å². The Balaban J connectivity index is 1.31. The Bertz CT molecular complexity index is 553. The van der Waals surface area contributed by atoms with Gasteiger partial charge in [-0.3, -0.25) is 4.90 Å². The number of aromatic nitrogens is 1. The van der Waals surface area contributed by atoms with E-state index in [0.717, 1.165) is 38.0 Å². The van der Waals surface area contributed by atoms with Crippen LogP contribution in [0, 0.1) is 5.92 Å². The summed E-state index contributed by atoms with van der Waals surface area (Å²) >= 11 is 0. The molecule has 24 heavy (non-hydrogen) atoms. The summed E-state index contributed by atoms with van der Waals surface area (Å²) in [5, 5.41) is 0. The lowest BCUT2D eigenvalue weighted by molar-refractivity contribution is -0.137. The number of methoxy groups -OCH3 is 1. The molecule has 132 valence electrons. The van der Waals surface area contributed by atoms with Gasteiger partial charge < -0.3 is 14.4 Å². The Morgan fingerprint density at radius 2 is 2.12 bits per heavy atom. The maximum Gasteiger partial charge on any atom is 0.217 e. The first kappa shape index (κ1) is 16.3. The first-order valence-electron chi connectivity index (χ1n) is 9.36. The van der Waals surface area contributed by atoms with Crippen molar-refractivity contribution in [2.24, 2.45) is 5.92 Å². The zero-order valence-corrected chi connectivity index (χ0v) is 14.7. The molecule has 0 N–H and O–H groups in total. The van der Waals surface area contributed by atoms with E-state index in [1.807, 2.05) is 6.07 Å². The summed E-state index contributed by atoms with van der Waals surface area (Å²) in [6, 6.07) is 4.09. The van der Waals surface area contributed by atoms with Gasteiger partial charge >= 0.3 is 0 Å². The van der Waals surface area contributed by atoms with Gasteiger partial charge in [-0.1, -0.05) is 6.07 Å². The highest BCUT2D eigenvalue weighted by Crippen LogP contribution is 2.42. The van der Waals surface area contributed by atoms with E-state index in [-0.39, 0.29) is 5.60 Å². The van der Waals surface area contributed by atoms with Crippen LogP contribution in [-0.2, 0) is 11.3 Å². The largest absolute Gasteiger partial charge is 0.481 e. The van der Waals surface area contributed by atoms with E-state index in [1.165, 1.54) is 50.9 Å². The van der Waals surface area contributed by atoms with Crippen LogP contribution >= 0.6 is 0 Å². The van der Waals surface area contributed by atoms with Crippen LogP contribution in [0.1, 0.15) is 31.2 Å². The molecule has 4 rings (SSSR count). The minimum atomic E-state index is 0.120. The van der Waals surface area contributed by atoms with Gasteiger partial charge in [0, 0.05) is 38.0 Å². The summed E-state index contributed by atoms with van der Waals surface area (Å²) in [5.74, 6) is 1.47. The smallest absolute Gasteiger partial charge is 0.217 e. The van der Waals surface area contributed by atoms with Crippen molar-refractivity contribution < 1.29 is 9.47 Å². The van der Waals surface area contributed by atoms with Crippen molar-refractivity contribution in [2.75, 3.05) is 46.4 Å². The zero-order valence-electron chi connectivity index (χ0n) is 14.7. The molecule has 1 atom stereocenters. The standard InChI is InChI=1S/C19H29N3O2/c1-23-18-16(5-4-8-20-18)13-22-14-19(15-22)17(7-12-24-19)6-11-21-9-2-3-10-21/h4-5,8,17H,2-3,6-7,9-15H2,1H3/t17-/m0/s1. The lowest BCUT2D eigenvalue weighted by Crippen LogP contribution is -2.64. The summed E-state index contributed by atoms with van der Waals surface area (Å²) in [6.07, 6.45) is 7.08. The van der Waals surface area contributed by atoms with Crippen LogP contribution in [0.4, 0.5) is 0 Å². The molecule has 0 radical (unpaired) electrons. The van der Waals surface area contributed by atoms with Gasteiger partial charge in [0.15, 0.2) is 0 Å². The average Bonchev–Trinajstić information content (AvgIpc) is 3.22. The molecule has 1 aromatic heterocycles. The van der Waals surface area contributed by atoms with Crippen LogP contribution in [0.3, 0.4) is 0 Å². The molecule has 1 spiro atoms. The van der Waals surface area contributed by atoms with Gasteiger partial charge in [0.1, 0.15) is 0 Å². The molecule has 0 saturated carbocycles. The van der Waals surface area contributed by atoms with Crippen LogP contribution < -0.4 is 4.74 Å². The summed E-state index contributed by atoms with van der Waals surface area (Å²) in [7, 11) is 1.69. The number of nitrogens with zero attached hydrogens (tertiary/aromatic N) is 3. The van der Waals surface area contributed by atoms with Gasteiger partial charge in [0.25, 0.3) is 0 Å². The van der Waals surface area contributed by atoms with E-state index >= 15 is 0 Å². The minimum Gasteiger partial charge on any atom is -0.481 e. The fourth-order valence-corrected chi connectivity index (χ4v) is 4.68. The molecular weight excluding hydrogens is 302 g/mol. The highest BCUT2D eigenvalue weighted by molar-refractivity contribution is 5.26. The fourth-order valence-electron chi connectivity index (χ4n) is 4.68. The van der Waals surface area contributed by atoms with Crippen LogP contribution in [0.2, 0.25) is 0 Å². The van der Waals surface area contributed by atoms with E-state index in [9.17, 15) is 0 Å². The molecule has 3 aliphatic heterocycles. The predicted octanol–water partition coefficient (Wildman–Crippen LogP) is 2.17. The Kier molecular flexibility index (Phi) is 4.74. The van der Waals surface area contributed by atoms with Gasteiger partial charge in [-0.2, -0.15) is 0 Å². The number of hydrogen-bond acceptors (Lipinski definition) is 5. The molecule has 3 saturated heterocycles. The monoisotopic (exact) mass is 331 g/mol. The van der Waals surface area contributed by atoms with Gasteiger partial charge in [-0.05, 0) is 57.3 Å². The molecule has 5 heteroatoms. The van der Waals surface area contributed by atoms with Crippen molar-refractivity contribution in [1.82, 2.24) is 14.8 Å². The molecule has 0 aromatic carbocycles. The third kappa shape index (κ3) is 3.17. The van der Waals surface area contributed by atoms with E-state index in [4.69, 9.17) is 9.47 Å². The Morgan fingerprint density at radius 1 is 1.29 bits per heavy atom. The summed E-state index contributed by atoms with van der Waals surface area (Å²) < 4.78 is 11.6. The van der Waals surface area contributed by atoms with Crippen molar-refractivity contribution in [2.45, 2.75) is 37.8 Å². The van der Waals surface area contributed by atoms with E-state index in [0.29, 0.717) is 0 Å². The SMILES string of the molecule is COc1ncccc1CN1CC2(C1)OCC[C@@H]2CCN1CCCC1. The second-order valence-corrected chi connectivity index (χ2v) is 7.55. The zero-order chi connectivity index (χ0) is 16.4. The number of rotatable bonds is 6. The van der Waals surface area contributed by atoms with E-state index in [1.54, 1.807) is 13.3 Å². The fraction of sp³-hybridized carbons (Fsp3) is 0.737. The van der Waals surface area contributed by atoms with Crippen LogP contribution in [-0.4, -0.2) is 66.8 Å². The molecule has 0 aliphatic carbocycles. The van der Waals surface area contributed by atoms with Crippen LogP contribution in [0.5, 0.6) is 5.88 Å². The number of likely N-dealkylation sites (tertiary alicyclic amines) is 2. The summed E-state index contributed by atoms with van der Waals surface area (Å²) in [4.78, 5) is 9.39. The first-order chi connectivity index (χ1) is 11.8. The van der Waals surface area contributed by atoms with Crippen LogP contribution in [0.25, 0.3) is 0 Å². The third-order valence-electron chi connectivity index (χ3n) is 6.01. The van der Waals surface area contributed by atoms with Crippen molar-refractivity contribution in [3.8, 4) is 5.88 Å². The molecule has 5 nitrogen and oxygen atoms in total. The molecule has 3 fully saturated rings. The molecular formula is C19H29N3O2. The van der Waals surface area contributed by atoms with Crippen molar-refractivity contribution in [3.63, 3.8) is 0 Å². The average molecular weight is 331 g/mol. The number of hydrogen-bond donors (Lipinski definition) is 0. The van der Waals surface area contributed by atoms with Crippen molar-refractivity contribution in [1.29, 1.82) is 0 Å². The summed E-state index contributed by atoms with van der Waals surface area (Å²) in [5.41, 5.74) is 1.29. The normalized spacial score (nSPS) is 26.8. The third-order valence-corrected chi connectivity index (χ3v) is 6.01. The Labute approximate surface area is 144 Å². The topological polar surface area (TPSA) is 37.8 Å². The maximum absolute atomic E-state index is 6.22. The Hall–Kier alpha value is -1.17. The van der Waals surface area contributed by atoms with E-state index in [2.05, 4.69) is 20.9 Å². The van der Waals surface area contributed by atoms with Gasteiger partial charge in [0.2, 0.25) is 5.88 Å². The quantitative estimate of drug-likeness (QED) is 0.799. The molecule has 3 aliphatic rings. The maximum atomic E-state index is 6.22. The van der Waals surface area contributed by atoms with Crippen molar-refractivity contribution >= 4 is 0 Å². The second kappa shape index (κ2) is 6.98. The second-order valence-electron chi connectivity index (χ2n) is 7.55. The van der Waals surface area contributed by atoms with Crippen LogP contribution in [0.15, 0.2) is 18.3 Å². The summed E-state index contributed by atoms with van der Waals surface area (Å²) in [6.45, 7) is 7.80. The predicted molar refractivity (Wildman–Crippen MR) is 93.1 cm³/mol. The molecule has 0 unspecified atom stereocenters. The number of ether oxygens (including phenoxy) is 2. The molecule has 1 aromatic rings. The van der Waals surface area contributed by atoms with Gasteiger partial charge in [0.05, 0.1) is 12.7 Å². The highest BCUT2D eigenvalue weighted by atomic mass is 16.5. The first-order valence-corrected chi connectivity index (χ1v) is 9.36. The number of pyridine rings is 1. The van der Waals surface area contributed by atoms with E-state index < -0.39 is 0 Å². The van der Waals surface area contributed by atoms with Crippen molar-refractivity contribution in [3.05, 3.63) is 23.9 Å². The van der Waals surface area contributed by atoms with Gasteiger partial charge in [-0.25, -0.2) is 4.98 Å². The molecule has 0 amide bonds. The lowest BCUT2D eigenvalue weighted by atomic mass is 9.78. The molecule has 0 bridgehead atoms.